The molecule has 0 saturated carbocycles. The Bertz CT molecular complexity index is 177. The molecule has 68 valence electrons. The van der Waals surface area contributed by atoms with Gasteiger partial charge in [0.1, 0.15) is 6.61 Å². The van der Waals surface area contributed by atoms with Crippen LogP contribution in [0.25, 0.3) is 0 Å². The number of cyclic esters (lactones) is 1. The maximum Gasteiger partial charge on any atom is 0.414 e. The number of amides is 1. The van der Waals surface area contributed by atoms with Crippen molar-refractivity contribution in [1.29, 1.82) is 0 Å². The first kappa shape index (κ1) is 9.10. The molecule has 0 N–H and O–H groups in total. The number of nitrogens with zero attached hydrogens (tertiary/aromatic N) is 1. The lowest BCUT2D eigenvalue weighted by Gasteiger charge is -2.20. The Morgan fingerprint density at radius 2 is 2.42 bits per heavy atom. The van der Waals surface area contributed by atoms with Crippen molar-refractivity contribution in [3.63, 3.8) is 0 Å². The lowest BCUT2D eigenvalue weighted by atomic mass is 10.2. The fraction of sp³-hybridized carbons (Fsp3) is 0.667. The fourth-order valence-corrected chi connectivity index (χ4v) is 1.13. The highest BCUT2D eigenvalue weighted by Gasteiger charge is 2.13. The summed E-state index contributed by atoms with van der Waals surface area (Å²) < 4.78 is 4.82. The van der Waals surface area contributed by atoms with E-state index in [-0.39, 0.29) is 6.09 Å². The van der Waals surface area contributed by atoms with Crippen LogP contribution in [0.4, 0.5) is 4.79 Å². The second-order valence-corrected chi connectivity index (χ2v) is 2.86. The molecule has 0 aliphatic carbocycles. The van der Waals surface area contributed by atoms with E-state index in [9.17, 15) is 4.79 Å². The number of hydrogen-bond donors (Lipinski definition) is 0. The monoisotopic (exact) mass is 169 g/mol. The lowest BCUT2D eigenvalue weighted by Crippen LogP contribution is -2.30. The van der Waals surface area contributed by atoms with Crippen molar-refractivity contribution in [2.45, 2.75) is 26.2 Å². The van der Waals surface area contributed by atoms with Crippen molar-refractivity contribution in [3.05, 3.63) is 12.3 Å². The Morgan fingerprint density at radius 1 is 1.58 bits per heavy atom. The van der Waals surface area contributed by atoms with Gasteiger partial charge >= 0.3 is 6.09 Å². The highest BCUT2D eigenvalue weighted by atomic mass is 16.6. The summed E-state index contributed by atoms with van der Waals surface area (Å²) in [5.41, 5.74) is 0. The van der Waals surface area contributed by atoms with Gasteiger partial charge in [0, 0.05) is 12.7 Å². The first-order chi connectivity index (χ1) is 5.84. The molecular weight excluding hydrogens is 154 g/mol. The van der Waals surface area contributed by atoms with E-state index in [1.165, 1.54) is 6.42 Å². The molecule has 0 aromatic heterocycles. The lowest BCUT2D eigenvalue weighted by molar-refractivity contribution is 0.119. The van der Waals surface area contributed by atoms with Gasteiger partial charge in [0.05, 0.1) is 0 Å². The zero-order valence-corrected chi connectivity index (χ0v) is 7.45. The molecule has 0 saturated heterocycles. The molecule has 0 bridgehead atoms. The van der Waals surface area contributed by atoms with Gasteiger partial charge in [0.15, 0.2) is 0 Å². The number of unbranched alkanes of at least 4 members (excludes halogenated alkanes) is 2. The van der Waals surface area contributed by atoms with Crippen molar-refractivity contribution >= 4 is 6.09 Å². The quantitative estimate of drug-likeness (QED) is 0.603. The molecule has 1 rings (SSSR count). The molecular formula is C9H15NO2. The van der Waals surface area contributed by atoms with Gasteiger partial charge < -0.3 is 4.74 Å². The van der Waals surface area contributed by atoms with Gasteiger partial charge in [0.25, 0.3) is 0 Å². The van der Waals surface area contributed by atoms with E-state index in [2.05, 4.69) is 6.92 Å². The Kier molecular flexibility index (Phi) is 3.64. The second-order valence-electron chi connectivity index (χ2n) is 2.86. The van der Waals surface area contributed by atoms with Crippen molar-refractivity contribution in [2.75, 3.05) is 13.2 Å². The molecule has 0 spiro atoms. The van der Waals surface area contributed by atoms with Crippen LogP contribution in [0.5, 0.6) is 0 Å². The number of ether oxygens (including phenoxy) is 1. The van der Waals surface area contributed by atoms with E-state index in [0.29, 0.717) is 6.61 Å². The third-order valence-electron chi connectivity index (χ3n) is 1.83. The molecule has 0 aromatic rings. The first-order valence-electron chi connectivity index (χ1n) is 4.44. The van der Waals surface area contributed by atoms with E-state index in [1.807, 2.05) is 12.3 Å². The van der Waals surface area contributed by atoms with Crippen molar-refractivity contribution in [1.82, 2.24) is 4.90 Å². The van der Waals surface area contributed by atoms with E-state index in [1.54, 1.807) is 4.90 Å². The normalized spacial score (nSPS) is 16.4. The van der Waals surface area contributed by atoms with Gasteiger partial charge in [-0.2, -0.15) is 0 Å². The van der Waals surface area contributed by atoms with E-state index >= 15 is 0 Å². The highest BCUT2D eigenvalue weighted by molar-refractivity contribution is 5.69. The molecule has 3 nitrogen and oxygen atoms in total. The predicted molar refractivity (Wildman–Crippen MR) is 46.7 cm³/mol. The Balaban J connectivity index is 2.25. The minimum atomic E-state index is -0.214. The molecule has 0 aromatic carbocycles. The van der Waals surface area contributed by atoms with Gasteiger partial charge in [-0.25, -0.2) is 4.79 Å². The molecule has 0 radical (unpaired) electrons. The second kappa shape index (κ2) is 4.80. The van der Waals surface area contributed by atoms with Crippen molar-refractivity contribution in [3.8, 4) is 0 Å². The number of carbonyl (C=O) groups is 1. The maximum absolute atomic E-state index is 11.0. The molecule has 1 aliphatic rings. The maximum atomic E-state index is 11.0. The number of hydrogen-bond acceptors (Lipinski definition) is 2. The summed E-state index contributed by atoms with van der Waals surface area (Å²) in [7, 11) is 0. The zero-order valence-electron chi connectivity index (χ0n) is 7.45. The largest absolute Gasteiger partial charge is 0.445 e. The smallest absolute Gasteiger partial charge is 0.414 e. The topological polar surface area (TPSA) is 29.5 Å². The summed E-state index contributed by atoms with van der Waals surface area (Å²) in [5.74, 6) is 0. The van der Waals surface area contributed by atoms with E-state index in [0.717, 1.165) is 19.4 Å². The van der Waals surface area contributed by atoms with E-state index in [4.69, 9.17) is 4.74 Å². The summed E-state index contributed by atoms with van der Waals surface area (Å²) in [6.07, 6.45) is 6.84. The molecule has 0 unspecified atom stereocenters. The van der Waals surface area contributed by atoms with Gasteiger partial charge in [-0.05, 0) is 12.5 Å². The number of carbonyl (C=O) groups excluding carboxylic acids is 1. The predicted octanol–water partition coefficient (Wildman–Crippen LogP) is 2.14. The van der Waals surface area contributed by atoms with Gasteiger partial charge in [-0.1, -0.05) is 19.8 Å². The third-order valence-corrected chi connectivity index (χ3v) is 1.83. The SMILES string of the molecule is CCCCCN1C=CCOC1=O. The molecule has 3 heteroatoms. The summed E-state index contributed by atoms with van der Waals surface area (Å²) >= 11 is 0. The van der Waals surface area contributed by atoms with Crippen LogP contribution in [0.3, 0.4) is 0 Å². The van der Waals surface area contributed by atoms with Crippen molar-refractivity contribution < 1.29 is 9.53 Å². The first-order valence-corrected chi connectivity index (χ1v) is 4.44. The van der Waals surface area contributed by atoms with Crippen LogP contribution in [-0.2, 0) is 4.74 Å². The summed E-state index contributed by atoms with van der Waals surface area (Å²) in [5, 5.41) is 0. The molecule has 1 heterocycles. The standard InChI is InChI=1S/C9H15NO2/c1-2-3-4-6-10-7-5-8-12-9(10)11/h5,7H,2-4,6,8H2,1H3. The Hall–Kier alpha value is -0.990. The summed E-state index contributed by atoms with van der Waals surface area (Å²) in [6.45, 7) is 3.34. The van der Waals surface area contributed by atoms with E-state index < -0.39 is 0 Å². The Labute approximate surface area is 73.0 Å². The van der Waals surface area contributed by atoms with Crippen molar-refractivity contribution in [2.24, 2.45) is 0 Å². The molecule has 12 heavy (non-hydrogen) atoms. The molecule has 1 amide bonds. The van der Waals surface area contributed by atoms with Crippen LogP contribution in [0.15, 0.2) is 12.3 Å². The minimum Gasteiger partial charge on any atom is -0.445 e. The van der Waals surface area contributed by atoms with Gasteiger partial charge in [0.2, 0.25) is 0 Å². The summed E-state index contributed by atoms with van der Waals surface area (Å²) in [4.78, 5) is 12.7. The number of rotatable bonds is 4. The molecule has 0 fully saturated rings. The van der Waals surface area contributed by atoms with Crippen LogP contribution in [0.1, 0.15) is 26.2 Å². The average Bonchev–Trinajstić information content (AvgIpc) is 2.09. The zero-order chi connectivity index (χ0) is 8.81. The highest BCUT2D eigenvalue weighted by Crippen LogP contribution is 2.05. The van der Waals surface area contributed by atoms with Crippen LogP contribution in [-0.4, -0.2) is 24.1 Å². The summed E-state index contributed by atoms with van der Waals surface area (Å²) in [6, 6.07) is 0. The van der Waals surface area contributed by atoms with Crippen LogP contribution >= 0.6 is 0 Å². The molecule has 0 atom stereocenters. The average molecular weight is 169 g/mol. The third kappa shape index (κ3) is 2.57. The van der Waals surface area contributed by atoms with Gasteiger partial charge in [-0.3, -0.25) is 4.90 Å². The minimum absolute atomic E-state index is 0.214. The Morgan fingerprint density at radius 3 is 3.08 bits per heavy atom. The molecule has 1 aliphatic heterocycles. The van der Waals surface area contributed by atoms with Crippen LogP contribution < -0.4 is 0 Å². The fourth-order valence-electron chi connectivity index (χ4n) is 1.13. The van der Waals surface area contributed by atoms with Crippen LogP contribution in [0.2, 0.25) is 0 Å². The van der Waals surface area contributed by atoms with Gasteiger partial charge in [-0.15, -0.1) is 0 Å². The van der Waals surface area contributed by atoms with Crippen LogP contribution in [0, 0.1) is 0 Å².